The Labute approximate surface area is 177 Å². The van der Waals surface area contributed by atoms with Crippen molar-refractivity contribution in [2.24, 2.45) is 0 Å². The lowest BCUT2D eigenvalue weighted by Gasteiger charge is -2.13. The van der Waals surface area contributed by atoms with Crippen LogP contribution in [-0.4, -0.2) is 19.3 Å². The van der Waals surface area contributed by atoms with Gasteiger partial charge in [0.05, 0.1) is 5.02 Å². The number of ether oxygens (including phenoxy) is 3. The summed E-state index contributed by atoms with van der Waals surface area (Å²) >= 11 is 5.81. The largest absolute Gasteiger partial charge is 0.483 e. The van der Waals surface area contributed by atoms with Crippen LogP contribution in [0.4, 0.5) is 15.8 Å². The molecule has 0 unspecified atom stereocenters. The number of nitrogens with one attached hydrogen (secondary N) is 2. The third-order valence-corrected chi connectivity index (χ3v) is 4.68. The molecule has 6 nitrogen and oxygen atoms in total. The molecule has 4 rings (SSSR count). The monoisotopic (exact) mass is 428 g/mol. The number of carbonyl (C=O) groups excluding carboxylic acids is 1. The van der Waals surface area contributed by atoms with Crippen molar-refractivity contribution in [2.45, 2.75) is 6.54 Å². The van der Waals surface area contributed by atoms with Crippen LogP contribution < -0.4 is 24.8 Å². The molecule has 0 radical (unpaired) electrons. The highest BCUT2D eigenvalue weighted by Gasteiger charge is 2.14. The van der Waals surface area contributed by atoms with Gasteiger partial charge in [-0.05, 0) is 36.4 Å². The van der Waals surface area contributed by atoms with E-state index in [0.717, 1.165) is 5.56 Å². The van der Waals surface area contributed by atoms with E-state index in [9.17, 15) is 9.18 Å². The molecule has 30 heavy (non-hydrogen) atoms. The molecule has 8 heteroatoms. The first kappa shape index (κ1) is 19.8. The predicted octanol–water partition coefficient (Wildman–Crippen LogP) is 4.84. The van der Waals surface area contributed by atoms with E-state index < -0.39 is 5.82 Å². The Morgan fingerprint density at radius 3 is 2.70 bits per heavy atom. The molecule has 154 valence electrons. The number of benzene rings is 3. The molecule has 0 spiro atoms. The number of para-hydroxylation sites is 1. The second-order valence-electron chi connectivity index (χ2n) is 6.50. The van der Waals surface area contributed by atoms with Crippen LogP contribution in [0.3, 0.4) is 0 Å². The molecule has 0 saturated carbocycles. The Hall–Kier alpha value is -3.45. The molecular formula is C22H18ClFN2O4. The van der Waals surface area contributed by atoms with Crippen molar-refractivity contribution >= 4 is 28.9 Å². The Kier molecular flexibility index (Phi) is 5.90. The minimum atomic E-state index is -0.473. The first-order valence-corrected chi connectivity index (χ1v) is 9.55. The molecule has 1 aliphatic rings. The summed E-state index contributed by atoms with van der Waals surface area (Å²) < 4.78 is 29.5. The van der Waals surface area contributed by atoms with Crippen LogP contribution in [0.1, 0.15) is 5.56 Å². The van der Waals surface area contributed by atoms with Gasteiger partial charge in [-0.3, -0.25) is 4.79 Å². The summed E-state index contributed by atoms with van der Waals surface area (Å²) in [6.07, 6.45) is 0. The average Bonchev–Trinajstić information content (AvgIpc) is 3.21. The highest BCUT2D eigenvalue weighted by atomic mass is 35.5. The highest BCUT2D eigenvalue weighted by molar-refractivity contribution is 6.31. The number of halogens is 2. The topological polar surface area (TPSA) is 68.8 Å². The minimum absolute atomic E-state index is 0.0460. The Bertz CT molecular complexity index is 1080. The first-order valence-electron chi connectivity index (χ1n) is 9.17. The van der Waals surface area contributed by atoms with Gasteiger partial charge in [0.1, 0.15) is 11.6 Å². The maximum Gasteiger partial charge on any atom is 0.262 e. The highest BCUT2D eigenvalue weighted by Crippen LogP contribution is 2.34. The summed E-state index contributed by atoms with van der Waals surface area (Å²) in [5, 5.41) is 5.97. The van der Waals surface area contributed by atoms with Crippen molar-refractivity contribution in [1.82, 2.24) is 0 Å². The van der Waals surface area contributed by atoms with Gasteiger partial charge in [0.15, 0.2) is 18.1 Å². The van der Waals surface area contributed by atoms with E-state index in [1.54, 1.807) is 30.3 Å². The normalized spacial score (nSPS) is 11.8. The molecule has 0 fully saturated rings. The summed E-state index contributed by atoms with van der Waals surface area (Å²) in [6.45, 7) is 0.431. The van der Waals surface area contributed by atoms with Gasteiger partial charge in [-0.1, -0.05) is 29.8 Å². The van der Waals surface area contributed by atoms with Crippen molar-refractivity contribution in [3.8, 4) is 17.2 Å². The van der Waals surface area contributed by atoms with Gasteiger partial charge in [0, 0.05) is 29.5 Å². The lowest BCUT2D eigenvalue weighted by atomic mass is 10.2. The van der Waals surface area contributed by atoms with E-state index in [1.165, 1.54) is 12.1 Å². The lowest BCUT2D eigenvalue weighted by Crippen LogP contribution is -2.20. The fourth-order valence-electron chi connectivity index (χ4n) is 2.91. The van der Waals surface area contributed by atoms with Crippen LogP contribution in [0, 0.1) is 5.82 Å². The van der Waals surface area contributed by atoms with Crippen molar-refractivity contribution in [3.63, 3.8) is 0 Å². The van der Waals surface area contributed by atoms with Crippen LogP contribution in [0.15, 0.2) is 60.7 Å². The third-order valence-electron chi connectivity index (χ3n) is 4.39. The second-order valence-corrected chi connectivity index (χ2v) is 6.90. The number of hydrogen-bond acceptors (Lipinski definition) is 5. The van der Waals surface area contributed by atoms with Crippen LogP contribution in [0.5, 0.6) is 17.2 Å². The smallest absolute Gasteiger partial charge is 0.262 e. The van der Waals surface area contributed by atoms with E-state index in [4.69, 9.17) is 25.8 Å². The van der Waals surface area contributed by atoms with Crippen LogP contribution in [0.2, 0.25) is 5.02 Å². The Morgan fingerprint density at radius 1 is 1.03 bits per heavy atom. The predicted molar refractivity (Wildman–Crippen MR) is 112 cm³/mol. The maximum atomic E-state index is 13.3. The van der Waals surface area contributed by atoms with Crippen molar-refractivity contribution < 1.29 is 23.4 Å². The SMILES string of the molecule is O=C(COc1ccccc1CNc1ccc(F)c(Cl)c1)Nc1ccc2c(c1)OCO2. The first-order chi connectivity index (χ1) is 14.6. The molecule has 3 aromatic carbocycles. The summed E-state index contributed by atoms with van der Waals surface area (Å²) in [4.78, 5) is 12.3. The number of anilines is 2. The minimum Gasteiger partial charge on any atom is -0.483 e. The van der Waals surface area contributed by atoms with Gasteiger partial charge >= 0.3 is 0 Å². The number of rotatable bonds is 7. The van der Waals surface area contributed by atoms with Crippen LogP contribution >= 0.6 is 11.6 Å². The number of amides is 1. The van der Waals surface area contributed by atoms with Gasteiger partial charge < -0.3 is 24.8 Å². The molecule has 3 aromatic rings. The third kappa shape index (κ3) is 4.75. The zero-order chi connectivity index (χ0) is 20.9. The van der Waals surface area contributed by atoms with Crippen molar-refractivity contribution in [3.05, 3.63) is 77.1 Å². The summed E-state index contributed by atoms with van der Waals surface area (Å²) in [6, 6.07) is 16.9. The van der Waals surface area contributed by atoms with Gasteiger partial charge in [0.25, 0.3) is 5.91 Å². The van der Waals surface area contributed by atoms with Crippen molar-refractivity contribution in [1.29, 1.82) is 0 Å². The molecule has 1 aliphatic heterocycles. The standard InChI is InChI=1S/C22H18ClFN2O4/c23-17-9-15(5-7-18(17)24)25-11-14-3-1-2-4-19(14)28-12-22(27)26-16-6-8-20-21(10-16)30-13-29-20/h1-10,25H,11-13H2,(H,26,27). The van der Waals surface area contributed by atoms with E-state index in [0.29, 0.717) is 35.2 Å². The molecule has 0 saturated heterocycles. The van der Waals surface area contributed by atoms with Gasteiger partial charge in [-0.25, -0.2) is 4.39 Å². The van der Waals surface area contributed by atoms with Crippen molar-refractivity contribution in [2.75, 3.05) is 24.0 Å². The number of hydrogen-bond donors (Lipinski definition) is 2. The van der Waals surface area contributed by atoms with Gasteiger partial charge in [-0.2, -0.15) is 0 Å². The summed E-state index contributed by atoms with van der Waals surface area (Å²) in [5.74, 6) is 1.03. The quantitative estimate of drug-likeness (QED) is 0.563. The van der Waals surface area contributed by atoms with E-state index in [-0.39, 0.29) is 24.3 Å². The zero-order valence-electron chi connectivity index (χ0n) is 15.8. The van der Waals surface area contributed by atoms with Gasteiger partial charge in [-0.15, -0.1) is 0 Å². The lowest BCUT2D eigenvalue weighted by molar-refractivity contribution is -0.118. The molecule has 0 aliphatic carbocycles. The maximum absolute atomic E-state index is 13.3. The Morgan fingerprint density at radius 2 is 1.83 bits per heavy atom. The van der Waals surface area contributed by atoms with E-state index in [2.05, 4.69) is 10.6 Å². The second kappa shape index (κ2) is 8.92. The molecule has 1 amide bonds. The molecule has 2 N–H and O–H groups in total. The average molecular weight is 429 g/mol. The number of fused-ring (bicyclic) bond motifs is 1. The molecule has 0 aromatic heterocycles. The van der Waals surface area contributed by atoms with Crippen LogP contribution in [-0.2, 0) is 11.3 Å². The molecule has 1 heterocycles. The summed E-state index contributed by atoms with van der Waals surface area (Å²) in [7, 11) is 0. The molecular weight excluding hydrogens is 411 g/mol. The summed E-state index contributed by atoms with van der Waals surface area (Å²) in [5.41, 5.74) is 2.11. The Balaban J connectivity index is 1.34. The van der Waals surface area contributed by atoms with E-state index >= 15 is 0 Å². The molecule has 0 atom stereocenters. The van der Waals surface area contributed by atoms with Crippen LogP contribution in [0.25, 0.3) is 0 Å². The van der Waals surface area contributed by atoms with E-state index in [1.807, 2.05) is 18.2 Å². The fourth-order valence-corrected chi connectivity index (χ4v) is 3.09. The number of carbonyl (C=O) groups is 1. The van der Waals surface area contributed by atoms with Gasteiger partial charge in [0.2, 0.25) is 6.79 Å². The zero-order valence-corrected chi connectivity index (χ0v) is 16.5. The molecule has 0 bridgehead atoms. The fraction of sp³-hybridized carbons (Fsp3) is 0.136.